The average Bonchev–Trinajstić information content (AvgIpc) is 2.40. The first kappa shape index (κ1) is 14.8. The van der Waals surface area contributed by atoms with Crippen LogP contribution in [0.2, 0.25) is 0 Å². The zero-order valence-corrected chi connectivity index (χ0v) is 12.2. The summed E-state index contributed by atoms with van der Waals surface area (Å²) in [7, 11) is 1.93. The minimum absolute atomic E-state index is 0.208. The van der Waals surface area contributed by atoms with E-state index in [1.807, 2.05) is 11.9 Å². The van der Waals surface area contributed by atoms with E-state index < -0.39 is 0 Å². The molecule has 1 heterocycles. The number of carbonyl (C=O) groups is 1. The summed E-state index contributed by atoms with van der Waals surface area (Å²) in [5.74, 6) is 0.911. The summed E-state index contributed by atoms with van der Waals surface area (Å²) < 4.78 is 0. The highest BCUT2D eigenvalue weighted by Crippen LogP contribution is 2.24. The van der Waals surface area contributed by atoms with E-state index >= 15 is 0 Å². The number of rotatable bonds is 4. The zero-order chi connectivity index (χ0) is 13.7. The van der Waals surface area contributed by atoms with Crippen molar-refractivity contribution in [1.29, 1.82) is 0 Å². The molecule has 1 amide bonds. The van der Waals surface area contributed by atoms with E-state index in [0.717, 1.165) is 25.9 Å². The van der Waals surface area contributed by atoms with Gasteiger partial charge in [-0.15, -0.1) is 0 Å². The minimum atomic E-state index is -0.245. The van der Waals surface area contributed by atoms with E-state index in [4.69, 9.17) is 0 Å². The summed E-state index contributed by atoms with van der Waals surface area (Å²) in [6.07, 6.45) is 8.20. The second-order valence-corrected chi connectivity index (χ2v) is 6.31. The monoisotopic (exact) mass is 268 g/mol. The van der Waals surface area contributed by atoms with Crippen molar-refractivity contribution >= 4 is 5.91 Å². The molecule has 1 unspecified atom stereocenters. The van der Waals surface area contributed by atoms with E-state index in [-0.39, 0.29) is 12.0 Å². The quantitative estimate of drug-likeness (QED) is 0.840. The molecule has 4 nitrogen and oxygen atoms in total. The van der Waals surface area contributed by atoms with Gasteiger partial charge in [0.1, 0.15) is 0 Å². The highest BCUT2D eigenvalue weighted by Gasteiger charge is 2.23. The van der Waals surface area contributed by atoms with Gasteiger partial charge >= 0.3 is 0 Å². The first-order chi connectivity index (χ1) is 9.15. The van der Waals surface area contributed by atoms with Crippen molar-refractivity contribution in [3.8, 4) is 0 Å². The number of aliphatic hydroxyl groups excluding tert-OH is 1. The highest BCUT2D eigenvalue weighted by atomic mass is 16.3. The van der Waals surface area contributed by atoms with Crippen LogP contribution < -0.4 is 0 Å². The molecule has 4 heteroatoms. The fourth-order valence-corrected chi connectivity index (χ4v) is 3.35. The van der Waals surface area contributed by atoms with Gasteiger partial charge in [-0.25, -0.2) is 0 Å². The van der Waals surface area contributed by atoms with Gasteiger partial charge in [-0.05, 0) is 38.1 Å². The van der Waals surface area contributed by atoms with Crippen molar-refractivity contribution in [2.24, 2.45) is 5.92 Å². The summed E-state index contributed by atoms with van der Waals surface area (Å²) in [5, 5.41) is 9.63. The summed E-state index contributed by atoms with van der Waals surface area (Å²) in [6.45, 7) is 2.98. The van der Waals surface area contributed by atoms with Crippen LogP contribution >= 0.6 is 0 Å². The molecule has 110 valence electrons. The number of likely N-dealkylation sites (tertiary alicyclic amines) is 1. The third-order valence-corrected chi connectivity index (χ3v) is 4.52. The third-order valence-electron chi connectivity index (χ3n) is 4.52. The maximum atomic E-state index is 12.2. The number of carbonyl (C=O) groups excluding carboxylic acids is 1. The average molecular weight is 268 g/mol. The first-order valence-corrected chi connectivity index (χ1v) is 7.79. The smallest absolute Gasteiger partial charge is 0.236 e. The fourth-order valence-electron chi connectivity index (χ4n) is 3.35. The Bertz CT molecular complexity index is 290. The van der Waals surface area contributed by atoms with Gasteiger partial charge in [-0.1, -0.05) is 19.3 Å². The van der Waals surface area contributed by atoms with Crippen molar-refractivity contribution in [3.63, 3.8) is 0 Å². The third kappa shape index (κ3) is 4.77. The summed E-state index contributed by atoms with van der Waals surface area (Å²) >= 11 is 0. The van der Waals surface area contributed by atoms with Gasteiger partial charge < -0.3 is 10.0 Å². The predicted octanol–water partition coefficient (Wildman–Crippen LogP) is 1.48. The van der Waals surface area contributed by atoms with Gasteiger partial charge in [0.15, 0.2) is 0 Å². The molecule has 1 aliphatic carbocycles. The Hall–Kier alpha value is -0.610. The van der Waals surface area contributed by atoms with Gasteiger partial charge in [-0.3, -0.25) is 9.69 Å². The first-order valence-electron chi connectivity index (χ1n) is 7.79. The Morgan fingerprint density at radius 3 is 2.63 bits per heavy atom. The number of hydrogen-bond acceptors (Lipinski definition) is 3. The molecule has 0 bridgehead atoms. The molecule has 0 radical (unpaired) electrons. The highest BCUT2D eigenvalue weighted by molar-refractivity contribution is 5.78. The molecule has 1 atom stereocenters. The van der Waals surface area contributed by atoms with Crippen molar-refractivity contribution < 1.29 is 9.90 Å². The molecule has 19 heavy (non-hydrogen) atoms. The van der Waals surface area contributed by atoms with Gasteiger partial charge in [-0.2, -0.15) is 0 Å². The minimum Gasteiger partial charge on any atom is -0.392 e. The Kier molecular flexibility index (Phi) is 5.64. The predicted molar refractivity (Wildman–Crippen MR) is 75.9 cm³/mol. The molecule has 0 aromatic carbocycles. The van der Waals surface area contributed by atoms with Gasteiger partial charge in [0.05, 0.1) is 12.6 Å². The van der Waals surface area contributed by atoms with Crippen molar-refractivity contribution in [2.75, 3.05) is 33.2 Å². The SMILES string of the molecule is CN(CC1CCCCC1)C(=O)CN1CCCC(O)C1. The molecule has 0 aromatic rings. The second kappa shape index (κ2) is 7.25. The van der Waals surface area contributed by atoms with Crippen LogP contribution in [0.25, 0.3) is 0 Å². The lowest BCUT2D eigenvalue weighted by molar-refractivity contribution is -0.132. The van der Waals surface area contributed by atoms with Gasteiger partial charge in [0, 0.05) is 20.1 Å². The maximum Gasteiger partial charge on any atom is 0.236 e. The number of amides is 1. The van der Waals surface area contributed by atoms with Crippen molar-refractivity contribution in [2.45, 2.75) is 51.0 Å². The van der Waals surface area contributed by atoms with Crippen LogP contribution in [0.5, 0.6) is 0 Å². The molecule has 0 spiro atoms. The van der Waals surface area contributed by atoms with Crippen molar-refractivity contribution in [3.05, 3.63) is 0 Å². The standard InChI is InChI=1S/C15H28N2O2/c1-16(10-13-6-3-2-4-7-13)15(19)12-17-9-5-8-14(18)11-17/h13-14,18H,2-12H2,1H3. The van der Waals surface area contributed by atoms with E-state index in [9.17, 15) is 9.90 Å². The van der Waals surface area contributed by atoms with Crippen molar-refractivity contribution in [1.82, 2.24) is 9.80 Å². The lowest BCUT2D eigenvalue weighted by Crippen LogP contribution is -2.45. The molecule has 1 saturated carbocycles. The van der Waals surface area contributed by atoms with Crippen LogP contribution in [0.4, 0.5) is 0 Å². The van der Waals surface area contributed by atoms with Gasteiger partial charge in [0.25, 0.3) is 0 Å². The van der Waals surface area contributed by atoms with Crippen LogP contribution in [-0.4, -0.2) is 60.1 Å². The second-order valence-electron chi connectivity index (χ2n) is 6.31. The zero-order valence-electron chi connectivity index (χ0n) is 12.2. The molecular weight excluding hydrogens is 240 g/mol. The Labute approximate surface area is 116 Å². The topological polar surface area (TPSA) is 43.8 Å². The maximum absolute atomic E-state index is 12.2. The fraction of sp³-hybridized carbons (Fsp3) is 0.933. The number of piperidine rings is 1. The number of nitrogens with zero attached hydrogens (tertiary/aromatic N) is 2. The van der Waals surface area contributed by atoms with E-state index in [1.54, 1.807) is 0 Å². The van der Waals surface area contributed by atoms with Crippen LogP contribution in [0.1, 0.15) is 44.9 Å². The molecule has 1 N–H and O–H groups in total. The molecule has 1 saturated heterocycles. The van der Waals surface area contributed by atoms with E-state index in [0.29, 0.717) is 19.0 Å². The van der Waals surface area contributed by atoms with E-state index in [2.05, 4.69) is 4.90 Å². The van der Waals surface area contributed by atoms with E-state index in [1.165, 1.54) is 32.1 Å². The van der Waals surface area contributed by atoms with Crippen LogP contribution in [0.3, 0.4) is 0 Å². The lowest BCUT2D eigenvalue weighted by atomic mass is 9.89. The molecular formula is C15H28N2O2. The normalized spacial score (nSPS) is 26.3. The Morgan fingerprint density at radius 1 is 1.21 bits per heavy atom. The largest absolute Gasteiger partial charge is 0.392 e. The van der Waals surface area contributed by atoms with Crippen LogP contribution in [-0.2, 0) is 4.79 Å². The molecule has 0 aromatic heterocycles. The van der Waals surface area contributed by atoms with Crippen LogP contribution in [0.15, 0.2) is 0 Å². The summed E-state index contributed by atoms with van der Waals surface area (Å²) in [6, 6.07) is 0. The Morgan fingerprint density at radius 2 is 1.95 bits per heavy atom. The number of likely N-dealkylation sites (N-methyl/N-ethyl adjacent to an activating group) is 1. The number of hydrogen-bond donors (Lipinski definition) is 1. The molecule has 1 aliphatic heterocycles. The molecule has 2 fully saturated rings. The summed E-state index contributed by atoms with van der Waals surface area (Å²) in [4.78, 5) is 16.2. The number of aliphatic hydroxyl groups is 1. The molecule has 2 rings (SSSR count). The van der Waals surface area contributed by atoms with Crippen LogP contribution in [0, 0.1) is 5.92 Å². The number of β-amino-alcohol motifs (C(OH)–C–C–N with tert-alkyl or cyclic N) is 1. The summed E-state index contributed by atoms with van der Waals surface area (Å²) in [5.41, 5.74) is 0. The van der Waals surface area contributed by atoms with Gasteiger partial charge in [0.2, 0.25) is 5.91 Å². The lowest BCUT2D eigenvalue weighted by Gasteiger charge is -2.32. The molecule has 2 aliphatic rings. The Balaban J connectivity index is 1.72.